The summed E-state index contributed by atoms with van der Waals surface area (Å²) in [5, 5.41) is 0. The molecule has 0 saturated heterocycles. The molecule has 4 heteroatoms. The van der Waals surface area contributed by atoms with Gasteiger partial charge in [0.25, 0.3) is 0 Å². The summed E-state index contributed by atoms with van der Waals surface area (Å²) in [6, 6.07) is 8.63. The molecule has 17 heavy (non-hydrogen) atoms. The summed E-state index contributed by atoms with van der Waals surface area (Å²) < 4.78 is 43.9. The second-order valence-electron chi connectivity index (χ2n) is 3.57. The van der Waals surface area contributed by atoms with Crippen LogP contribution in [0.25, 0.3) is 0 Å². The number of halogens is 3. The molecule has 0 heterocycles. The zero-order chi connectivity index (χ0) is 12.4. The van der Waals surface area contributed by atoms with Crippen LogP contribution in [-0.2, 0) is 0 Å². The van der Waals surface area contributed by atoms with Gasteiger partial charge in [-0.05, 0) is 18.6 Å². The molecule has 0 saturated carbocycles. The van der Waals surface area contributed by atoms with Gasteiger partial charge < -0.3 is 4.74 Å². The first-order valence-corrected chi connectivity index (χ1v) is 4.96. The zero-order valence-electron chi connectivity index (χ0n) is 9.01. The summed E-state index contributed by atoms with van der Waals surface area (Å²) >= 11 is 0. The highest BCUT2D eigenvalue weighted by molar-refractivity contribution is 5.37. The van der Waals surface area contributed by atoms with Gasteiger partial charge in [0.05, 0.1) is 0 Å². The van der Waals surface area contributed by atoms with Crippen molar-refractivity contribution in [2.45, 2.75) is 6.92 Å². The van der Waals surface area contributed by atoms with E-state index in [0.29, 0.717) is 5.75 Å². The lowest BCUT2D eigenvalue weighted by atomic mass is 10.2. The SMILES string of the molecule is Cc1ccccc1Oc1cc(F)c(F)c(F)c1. The third kappa shape index (κ3) is 2.41. The second kappa shape index (κ2) is 4.49. The average Bonchev–Trinajstić information content (AvgIpc) is 2.29. The molecule has 0 aromatic heterocycles. The second-order valence-corrected chi connectivity index (χ2v) is 3.57. The molecule has 0 amide bonds. The monoisotopic (exact) mass is 238 g/mol. The van der Waals surface area contributed by atoms with Crippen molar-refractivity contribution in [3.8, 4) is 11.5 Å². The number of hydrogen-bond acceptors (Lipinski definition) is 1. The maximum absolute atomic E-state index is 12.9. The van der Waals surface area contributed by atoms with Gasteiger partial charge in [0.2, 0.25) is 0 Å². The molecular formula is C13H9F3O. The summed E-state index contributed by atoms with van der Waals surface area (Å²) in [7, 11) is 0. The predicted octanol–water partition coefficient (Wildman–Crippen LogP) is 4.20. The van der Waals surface area contributed by atoms with Gasteiger partial charge in [-0.25, -0.2) is 13.2 Å². The molecule has 1 nitrogen and oxygen atoms in total. The minimum absolute atomic E-state index is 0.0734. The minimum atomic E-state index is -1.50. The molecule has 0 aliphatic carbocycles. The van der Waals surface area contributed by atoms with Gasteiger partial charge >= 0.3 is 0 Å². The number of ether oxygens (including phenoxy) is 1. The molecule has 0 aliphatic heterocycles. The summed E-state index contributed by atoms with van der Waals surface area (Å²) in [5.74, 6) is -3.64. The van der Waals surface area contributed by atoms with Crippen LogP contribution in [0.4, 0.5) is 13.2 Å². The first kappa shape index (κ1) is 11.5. The van der Waals surface area contributed by atoms with Crippen molar-refractivity contribution in [2.75, 3.05) is 0 Å². The van der Waals surface area contributed by atoms with E-state index in [9.17, 15) is 13.2 Å². The normalized spacial score (nSPS) is 10.4. The maximum Gasteiger partial charge on any atom is 0.194 e. The van der Waals surface area contributed by atoms with E-state index >= 15 is 0 Å². The number of rotatable bonds is 2. The topological polar surface area (TPSA) is 9.23 Å². The number of benzene rings is 2. The molecule has 0 spiro atoms. The molecule has 0 atom stereocenters. The Morgan fingerprint density at radius 1 is 0.941 bits per heavy atom. The largest absolute Gasteiger partial charge is 0.457 e. The Hall–Kier alpha value is -1.97. The van der Waals surface area contributed by atoms with Crippen LogP contribution in [0.15, 0.2) is 36.4 Å². The van der Waals surface area contributed by atoms with Gasteiger partial charge in [0.1, 0.15) is 11.5 Å². The van der Waals surface area contributed by atoms with Crippen LogP contribution < -0.4 is 4.74 Å². The van der Waals surface area contributed by atoms with Crippen molar-refractivity contribution in [3.05, 3.63) is 59.4 Å². The van der Waals surface area contributed by atoms with Crippen molar-refractivity contribution >= 4 is 0 Å². The van der Waals surface area contributed by atoms with Crippen molar-refractivity contribution in [2.24, 2.45) is 0 Å². The van der Waals surface area contributed by atoms with Crippen LogP contribution >= 0.6 is 0 Å². The fraction of sp³-hybridized carbons (Fsp3) is 0.0769. The van der Waals surface area contributed by atoms with Crippen molar-refractivity contribution in [1.29, 1.82) is 0 Å². The number of para-hydroxylation sites is 1. The van der Waals surface area contributed by atoms with Crippen LogP contribution in [0.2, 0.25) is 0 Å². The Bertz CT molecular complexity index is 529. The average molecular weight is 238 g/mol. The highest BCUT2D eigenvalue weighted by Gasteiger charge is 2.12. The van der Waals surface area contributed by atoms with E-state index in [-0.39, 0.29) is 5.75 Å². The lowest BCUT2D eigenvalue weighted by Crippen LogP contribution is -1.93. The summed E-state index contributed by atoms with van der Waals surface area (Å²) in [5.41, 5.74) is 0.817. The Kier molecular flexibility index (Phi) is 3.04. The fourth-order valence-corrected chi connectivity index (χ4v) is 1.39. The molecular weight excluding hydrogens is 229 g/mol. The molecule has 0 radical (unpaired) electrons. The number of aryl methyl sites for hydroxylation is 1. The van der Waals surface area contributed by atoms with Crippen LogP contribution in [0.1, 0.15) is 5.56 Å². The third-order valence-corrected chi connectivity index (χ3v) is 2.28. The summed E-state index contributed by atoms with van der Waals surface area (Å²) in [4.78, 5) is 0. The third-order valence-electron chi connectivity index (χ3n) is 2.28. The van der Waals surface area contributed by atoms with Crippen molar-refractivity contribution in [3.63, 3.8) is 0 Å². The van der Waals surface area contributed by atoms with Crippen LogP contribution in [0.3, 0.4) is 0 Å². The summed E-state index contributed by atoms with van der Waals surface area (Å²) in [6.45, 7) is 1.80. The predicted molar refractivity (Wildman–Crippen MR) is 57.6 cm³/mol. The van der Waals surface area contributed by atoms with Gasteiger partial charge in [0.15, 0.2) is 17.5 Å². The molecule has 88 valence electrons. The Morgan fingerprint density at radius 3 is 2.12 bits per heavy atom. The standard InChI is InChI=1S/C13H9F3O/c1-8-4-2-3-5-12(8)17-9-6-10(14)13(16)11(15)7-9/h2-7H,1H3. The van der Waals surface area contributed by atoms with E-state index in [4.69, 9.17) is 4.74 Å². The van der Waals surface area contributed by atoms with Gasteiger partial charge in [-0.2, -0.15) is 0 Å². The van der Waals surface area contributed by atoms with E-state index in [1.54, 1.807) is 25.1 Å². The van der Waals surface area contributed by atoms with Gasteiger partial charge in [-0.1, -0.05) is 18.2 Å². The van der Waals surface area contributed by atoms with Gasteiger partial charge in [-0.3, -0.25) is 0 Å². The lowest BCUT2D eigenvalue weighted by molar-refractivity contribution is 0.422. The zero-order valence-corrected chi connectivity index (χ0v) is 9.01. The molecule has 2 aromatic carbocycles. The number of hydrogen-bond donors (Lipinski definition) is 0. The highest BCUT2D eigenvalue weighted by Crippen LogP contribution is 2.27. The van der Waals surface area contributed by atoms with Crippen molar-refractivity contribution in [1.82, 2.24) is 0 Å². The first-order valence-electron chi connectivity index (χ1n) is 4.96. The Labute approximate surface area is 96.5 Å². The molecule has 0 fully saturated rings. The molecule has 2 rings (SSSR count). The minimum Gasteiger partial charge on any atom is -0.457 e. The fourth-order valence-electron chi connectivity index (χ4n) is 1.39. The molecule has 0 N–H and O–H groups in total. The van der Waals surface area contributed by atoms with E-state index in [1.807, 2.05) is 6.07 Å². The van der Waals surface area contributed by atoms with Gasteiger partial charge in [-0.15, -0.1) is 0 Å². The Morgan fingerprint density at radius 2 is 1.53 bits per heavy atom. The van der Waals surface area contributed by atoms with E-state index in [1.165, 1.54) is 0 Å². The van der Waals surface area contributed by atoms with E-state index < -0.39 is 17.5 Å². The van der Waals surface area contributed by atoms with Crippen molar-refractivity contribution < 1.29 is 17.9 Å². The summed E-state index contributed by atoms with van der Waals surface area (Å²) in [6.07, 6.45) is 0. The molecule has 0 aliphatic rings. The molecule has 2 aromatic rings. The van der Waals surface area contributed by atoms with Crippen LogP contribution in [0.5, 0.6) is 11.5 Å². The highest BCUT2D eigenvalue weighted by atomic mass is 19.2. The quantitative estimate of drug-likeness (QED) is 0.712. The molecule has 0 unspecified atom stereocenters. The first-order chi connectivity index (χ1) is 8.08. The smallest absolute Gasteiger partial charge is 0.194 e. The van der Waals surface area contributed by atoms with Crippen LogP contribution in [-0.4, -0.2) is 0 Å². The Balaban J connectivity index is 2.34. The molecule has 0 bridgehead atoms. The van der Waals surface area contributed by atoms with Crippen LogP contribution in [0, 0.1) is 24.4 Å². The lowest BCUT2D eigenvalue weighted by Gasteiger charge is -2.08. The maximum atomic E-state index is 12.9. The van der Waals surface area contributed by atoms with E-state index in [0.717, 1.165) is 17.7 Å². The van der Waals surface area contributed by atoms with E-state index in [2.05, 4.69) is 0 Å². The van der Waals surface area contributed by atoms with Gasteiger partial charge in [0, 0.05) is 12.1 Å².